The number of aliphatic hydroxyl groups excluding tert-OH is 1. The predicted molar refractivity (Wildman–Crippen MR) is 116 cm³/mol. The van der Waals surface area contributed by atoms with E-state index in [4.69, 9.17) is 5.11 Å². The Kier molecular flexibility index (Phi) is 7.17. The van der Waals surface area contributed by atoms with E-state index in [2.05, 4.69) is 10.3 Å². The highest BCUT2D eigenvalue weighted by Gasteiger charge is 2.18. The second kappa shape index (κ2) is 9.82. The van der Waals surface area contributed by atoms with Gasteiger partial charge in [-0.15, -0.1) is 0 Å². The van der Waals surface area contributed by atoms with Gasteiger partial charge >= 0.3 is 5.97 Å². The van der Waals surface area contributed by atoms with Crippen molar-refractivity contribution >= 4 is 15.8 Å². The van der Waals surface area contributed by atoms with Gasteiger partial charge in [0.05, 0.1) is 21.5 Å². The lowest BCUT2D eigenvalue weighted by molar-refractivity contribution is 0.0696. The molecule has 0 amide bonds. The van der Waals surface area contributed by atoms with Crippen LogP contribution in [0, 0.1) is 0 Å². The molecule has 0 bridgehead atoms. The Morgan fingerprint density at radius 1 is 1.03 bits per heavy atom. The smallest absolute Gasteiger partial charge is 0.335 e. The van der Waals surface area contributed by atoms with E-state index in [1.807, 2.05) is 13.0 Å². The first-order chi connectivity index (χ1) is 14.8. The molecule has 3 rings (SSSR count). The zero-order valence-electron chi connectivity index (χ0n) is 17.0. The van der Waals surface area contributed by atoms with E-state index in [1.54, 1.807) is 42.7 Å². The van der Waals surface area contributed by atoms with Crippen LogP contribution < -0.4 is 5.32 Å². The van der Waals surface area contributed by atoms with E-state index in [1.165, 1.54) is 24.3 Å². The molecule has 31 heavy (non-hydrogen) atoms. The Hall–Kier alpha value is -3.07. The molecule has 2 aromatic carbocycles. The molecule has 0 aliphatic carbocycles. The van der Waals surface area contributed by atoms with Crippen molar-refractivity contribution in [2.75, 3.05) is 6.54 Å². The molecular weight excluding hydrogens is 416 g/mol. The molecule has 0 aliphatic rings. The summed E-state index contributed by atoms with van der Waals surface area (Å²) in [7, 11) is -3.73. The zero-order valence-corrected chi connectivity index (χ0v) is 17.8. The summed E-state index contributed by atoms with van der Waals surface area (Å²) in [6, 6.07) is 15.4. The van der Waals surface area contributed by atoms with Crippen LogP contribution in [0.5, 0.6) is 0 Å². The third kappa shape index (κ3) is 5.75. The average Bonchev–Trinajstić information content (AvgIpc) is 2.78. The Balaban J connectivity index is 1.60. The number of aromatic carboxylic acids is 1. The highest BCUT2D eigenvalue weighted by Crippen LogP contribution is 2.22. The van der Waals surface area contributed by atoms with Crippen molar-refractivity contribution < 1.29 is 23.4 Å². The lowest BCUT2D eigenvalue weighted by Gasteiger charge is -2.17. The molecule has 162 valence electrons. The topological polar surface area (TPSA) is 117 Å². The summed E-state index contributed by atoms with van der Waals surface area (Å²) in [5, 5.41) is 22.4. The number of carbonyl (C=O) groups is 1. The van der Waals surface area contributed by atoms with Crippen LogP contribution >= 0.6 is 0 Å². The van der Waals surface area contributed by atoms with E-state index in [0.29, 0.717) is 13.0 Å². The Labute approximate surface area is 181 Å². The molecule has 8 heteroatoms. The van der Waals surface area contributed by atoms with Gasteiger partial charge in [-0.25, -0.2) is 13.2 Å². The SMILES string of the molecule is C[C@H](Cc1ccc(S(=O)(=O)c2ccc(C(=O)O)cc2)cc1)NC[C@@H](O)c1cccnc1. The van der Waals surface area contributed by atoms with Crippen molar-refractivity contribution in [1.82, 2.24) is 10.3 Å². The molecule has 3 N–H and O–H groups in total. The molecule has 1 heterocycles. The second-order valence-corrected chi connectivity index (χ2v) is 9.24. The van der Waals surface area contributed by atoms with Crippen molar-refractivity contribution in [2.45, 2.75) is 35.3 Å². The lowest BCUT2D eigenvalue weighted by Crippen LogP contribution is -2.32. The summed E-state index contributed by atoms with van der Waals surface area (Å²) in [6.45, 7) is 2.37. The van der Waals surface area contributed by atoms with Crippen molar-refractivity contribution in [3.05, 3.63) is 89.7 Å². The van der Waals surface area contributed by atoms with E-state index in [-0.39, 0.29) is 21.4 Å². The molecule has 1 aromatic heterocycles. The molecule has 0 saturated heterocycles. The fourth-order valence-electron chi connectivity index (χ4n) is 3.15. The van der Waals surface area contributed by atoms with Gasteiger partial charge in [0, 0.05) is 30.5 Å². The predicted octanol–water partition coefficient (Wildman–Crippen LogP) is 2.87. The minimum atomic E-state index is -3.73. The minimum absolute atomic E-state index is 0.0319. The van der Waals surface area contributed by atoms with Gasteiger partial charge in [-0.05, 0) is 61.4 Å². The van der Waals surface area contributed by atoms with Gasteiger partial charge in [-0.3, -0.25) is 4.98 Å². The summed E-state index contributed by atoms with van der Waals surface area (Å²) < 4.78 is 25.5. The van der Waals surface area contributed by atoms with Gasteiger partial charge < -0.3 is 15.5 Å². The molecule has 3 aromatic rings. The Morgan fingerprint density at radius 3 is 2.19 bits per heavy atom. The zero-order chi connectivity index (χ0) is 22.4. The number of hydrogen-bond acceptors (Lipinski definition) is 6. The van der Waals surface area contributed by atoms with Gasteiger partial charge in [0.1, 0.15) is 0 Å². The van der Waals surface area contributed by atoms with Crippen molar-refractivity contribution in [2.24, 2.45) is 0 Å². The number of benzene rings is 2. The molecule has 0 fully saturated rings. The molecule has 0 spiro atoms. The van der Waals surface area contributed by atoms with Crippen LogP contribution in [0.4, 0.5) is 0 Å². The van der Waals surface area contributed by atoms with E-state index in [9.17, 15) is 18.3 Å². The maximum atomic E-state index is 12.8. The van der Waals surface area contributed by atoms with Crippen LogP contribution in [0.15, 0.2) is 82.8 Å². The van der Waals surface area contributed by atoms with Crippen molar-refractivity contribution in [3.8, 4) is 0 Å². The highest BCUT2D eigenvalue weighted by atomic mass is 32.2. The van der Waals surface area contributed by atoms with Crippen LogP contribution in [0.1, 0.15) is 34.5 Å². The lowest BCUT2D eigenvalue weighted by atomic mass is 10.1. The van der Waals surface area contributed by atoms with Crippen LogP contribution in [-0.2, 0) is 16.3 Å². The van der Waals surface area contributed by atoms with Crippen LogP contribution in [0.2, 0.25) is 0 Å². The summed E-state index contributed by atoms with van der Waals surface area (Å²) in [5.74, 6) is -1.11. The van der Waals surface area contributed by atoms with Gasteiger partial charge in [-0.2, -0.15) is 0 Å². The number of nitrogens with zero attached hydrogens (tertiary/aromatic N) is 1. The number of sulfone groups is 1. The first kappa shape index (κ1) is 22.6. The highest BCUT2D eigenvalue weighted by molar-refractivity contribution is 7.91. The molecule has 0 unspecified atom stereocenters. The summed E-state index contributed by atoms with van der Waals surface area (Å²) in [5.41, 5.74) is 1.73. The summed E-state index contributed by atoms with van der Waals surface area (Å²) in [6.07, 6.45) is 3.29. The first-order valence-electron chi connectivity index (χ1n) is 9.76. The fourth-order valence-corrected chi connectivity index (χ4v) is 4.41. The second-order valence-electron chi connectivity index (χ2n) is 7.29. The monoisotopic (exact) mass is 440 g/mol. The molecular formula is C23H24N2O5S. The average molecular weight is 441 g/mol. The quantitative estimate of drug-likeness (QED) is 0.468. The third-order valence-corrected chi connectivity index (χ3v) is 6.70. The van der Waals surface area contributed by atoms with Gasteiger partial charge in [-0.1, -0.05) is 18.2 Å². The van der Waals surface area contributed by atoms with Crippen molar-refractivity contribution in [3.63, 3.8) is 0 Å². The molecule has 2 atom stereocenters. The number of carboxylic acid groups (broad SMARTS) is 1. The molecule has 0 saturated carbocycles. The normalized spacial score (nSPS) is 13.5. The molecule has 0 radical (unpaired) electrons. The maximum absolute atomic E-state index is 12.8. The summed E-state index contributed by atoms with van der Waals surface area (Å²) in [4.78, 5) is 15.1. The maximum Gasteiger partial charge on any atom is 0.335 e. The first-order valence-corrected chi connectivity index (χ1v) is 11.2. The van der Waals surface area contributed by atoms with Crippen LogP contribution in [0.3, 0.4) is 0 Å². The van der Waals surface area contributed by atoms with E-state index in [0.717, 1.165) is 11.1 Å². The molecule has 7 nitrogen and oxygen atoms in total. The number of nitrogens with one attached hydrogen (secondary N) is 1. The largest absolute Gasteiger partial charge is 0.478 e. The number of aromatic nitrogens is 1. The van der Waals surface area contributed by atoms with Gasteiger partial charge in [0.15, 0.2) is 0 Å². The van der Waals surface area contributed by atoms with Crippen molar-refractivity contribution in [1.29, 1.82) is 0 Å². The number of carboxylic acids is 1. The standard InChI is InChI=1S/C23H24N2O5S/c1-16(25-15-22(26)19-3-2-12-24-14-19)13-17-4-8-20(9-5-17)31(29,30)21-10-6-18(7-11-21)23(27)28/h2-12,14,16,22,25-26H,13,15H2,1H3,(H,27,28)/t16-,22-/m1/s1. The van der Waals surface area contributed by atoms with Crippen LogP contribution in [0.25, 0.3) is 0 Å². The third-order valence-electron chi connectivity index (χ3n) is 4.92. The van der Waals surface area contributed by atoms with E-state index >= 15 is 0 Å². The number of rotatable bonds is 9. The fraction of sp³-hybridized carbons (Fsp3) is 0.217. The minimum Gasteiger partial charge on any atom is -0.478 e. The Bertz CT molecular complexity index is 1110. The number of aliphatic hydroxyl groups is 1. The summed E-state index contributed by atoms with van der Waals surface area (Å²) >= 11 is 0. The van der Waals surface area contributed by atoms with Gasteiger partial charge in [0.25, 0.3) is 0 Å². The van der Waals surface area contributed by atoms with Crippen LogP contribution in [-0.4, -0.2) is 42.2 Å². The van der Waals surface area contributed by atoms with Gasteiger partial charge in [0.2, 0.25) is 9.84 Å². The molecule has 0 aliphatic heterocycles. The Morgan fingerprint density at radius 2 is 1.65 bits per heavy atom. The number of hydrogen-bond donors (Lipinski definition) is 3. The number of pyridine rings is 1. The van der Waals surface area contributed by atoms with E-state index < -0.39 is 21.9 Å².